The summed E-state index contributed by atoms with van der Waals surface area (Å²) in [6.45, 7) is 4.97. The molecule has 0 aromatic carbocycles. The van der Waals surface area contributed by atoms with Crippen LogP contribution in [0.25, 0.3) is 0 Å². The molecule has 0 aliphatic carbocycles. The van der Waals surface area contributed by atoms with Gasteiger partial charge < -0.3 is 9.88 Å². The lowest BCUT2D eigenvalue weighted by Crippen LogP contribution is -2.13. The van der Waals surface area contributed by atoms with E-state index in [0.29, 0.717) is 0 Å². The third kappa shape index (κ3) is 3.94. The summed E-state index contributed by atoms with van der Waals surface area (Å²) in [7, 11) is 0. The fraction of sp³-hybridized carbons (Fsp3) is 0.417. The van der Waals surface area contributed by atoms with E-state index in [4.69, 9.17) is 0 Å². The van der Waals surface area contributed by atoms with Gasteiger partial charge in [0.15, 0.2) is 0 Å². The Labute approximate surface area is 114 Å². The number of imidazole rings is 1. The van der Waals surface area contributed by atoms with Gasteiger partial charge in [-0.1, -0.05) is 6.92 Å². The van der Waals surface area contributed by atoms with Crippen molar-refractivity contribution >= 4 is 27.3 Å². The summed E-state index contributed by atoms with van der Waals surface area (Å²) in [4.78, 5) is 5.72. The number of nitrogens with one attached hydrogen (secondary N) is 1. The zero-order chi connectivity index (χ0) is 12.1. The molecule has 1 N–H and O–H groups in total. The third-order valence-electron chi connectivity index (χ3n) is 2.38. The van der Waals surface area contributed by atoms with Crippen molar-refractivity contribution in [2.75, 3.05) is 6.54 Å². The number of nitrogens with zero attached hydrogens (tertiary/aromatic N) is 2. The normalized spacial score (nSPS) is 10.9. The van der Waals surface area contributed by atoms with Gasteiger partial charge >= 0.3 is 0 Å². The molecule has 0 amide bonds. The molecule has 0 spiro atoms. The highest BCUT2D eigenvalue weighted by atomic mass is 79.9. The number of halogens is 1. The van der Waals surface area contributed by atoms with E-state index < -0.39 is 0 Å². The topological polar surface area (TPSA) is 29.9 Å². The zero-order valence-electron chi connectivity index (χ0n) is 9.82. The Bertz CT molecular complexity index is 464. The maximum absolute atomic E-state index is 4.38. The lowest BCUT2D eigenvalue weighted by Gasteiger charge is -1.99. The van der Waals surface area contributed by atoms with Gasteiger partial charge in [0, 0.05) is 27.5 Å². The molecule has 17 heavy (non-hydrogen) atoms. The quantitative estimate of drug-likeness (QED) is 0.830. The zero-order valence-corrected chi connectivity index (χ0v) is 12.2. The van der Waals surface area contributed by atoms with Gasteiger partial charge in [-0.2, -0.15) is 0 Å². The molecule has 0 fully saturated rings. The van der Waals surface area contributed by atoms with Crippen LogP contribution in [0, 0.1) is 0 Å². The van der Waals surface area contributed by atoms with Crippen LogP contribution < -0.4 is 5.32 Å². The molecule has 0 atom stereocenters. The number of hydrogen-bond acceptors (Lipinski definition) is 3. The maximum Gasteiger partial charge on any atom is 0.0953 e. The average Bonchev–Trinajstić information content (AvgIpc) is 2.90. The molecule has 0 aliphatic rings. The minimum atomic E-state index is 0.856. The molecule has 0 aliphatic heterocycles. The first-order valence-electron chi connectivity index (χ1n) is 5.72. The highest BCUT2D eigenvalue weighted by Crippen LogP contribution is 2.20. The van der Waals surface area contributed by atoms with Crippen molar-refractivity contribution in [3.63, 3.8) is 0 Å². The smallest absolute Gasteiger partial charge is 0.0953 e. The number of rotatable bonds is 6. The lowest BCUT2D eigenvalue weighted by molar-refractivity contribution is 0.665. The van der Waals surface area contributed by atoms with Gasteiger partial charge in [0.25, 0.3) is 0 Å². The van der Waals surface area contributed by atoms with Crippen LogP contribution in [-0.4, -0.2) is 16.1 Å². The van der Waals surface area contributed by atoms with Gasteiger partial charge in [-0.25, -0.2) is 4.98 Å². The summed E-state index contributed by atoms with van der Waals surface area (Å²) in [6.07, 6.45) is 5.16. The summed E-state index contributed by atoms with van der Waals surface area (Å²) in [5.74, 6) is 0. The van der Waals surface area contributed by atoms with Crippen molar-refractivity contribution in [1.29, 1.82) is 0 Å². The first-order valence-corrected chi connectivity index (χ1v) is 7.39. The summed E-state index contributed by atoms with van der Waals surface area (Å²) < 4.78 is 3.28. The van der Waals surface area contributed by atoms with E-state index in [1.165, 1.54) is 4.88 Å². The standard InChI is InChI=1S/C12H16BrN3S/c1-2-3-14-5-11-6-16(9-15-11)7-12-4-10(13)8-17-12/h4,6,8-9,14H,2-3,5,7H2,1H3. The molecule has 0 bridgehead atoms. The van der Waals surface area contributed by atoms with Crippen LogP contribution in [0.15, 0.2) is 28.4 Å². The Morgan fingerprint density at radius 1 is 1.53 bits per heavy atom. The van der Waals surface area contributed by atoms with Crippen molar-refractivity contribution in [2.45, 2.75) is 26.4 Å². The van der Waals surface area contributed by atoms with E-state index >= 15 is 0 Å². The summed E-state index contributed by atoms with van der Waals surface area (Å²) in [6, 6.07) is 2.15. The van der Waals surface area contributed by atoms with Gasteiger partial charge in [0.1, 0.15) is 0 Å². The summed E-state index contributed by atoms with van der Waals surface area (Å²) in [5, 5.41) is 5.46. The number of hydrogen-bond donors (Lipinski definition) is 1. The second kappa shape index (κ2) is 6.33. The van der Waals surface area contributed by atoms with Gasteiger partial charge in [0.2, 0.25) is 0 Å². The van der Waals surface area contributed by atoms with Crippen LogP contribution in [0.3, 0.4) is 0 Å². The predicted octanol–water partition coefficient (Wildman–Crippen LogP) is 3.26. The second-order valence-electron chi connectivity index (χ2n) is 3.95. The molecule has 0 unspecified atom stereocenters. The fourth-order valence-corrected chi connectivity index (χ4v) is 3.05. The average molecular weight is 314 g/mol. The molecular weight excluding hydrogens is 298 g/mol. The molecule has 2 rings (SSSR count). The Hall–Kier alpha value is -0.650. The van der Waals surface area contributed by atoms with Gasteiger partial charge in [-0.3, -0.25) is 0 Å². The molecule has 0 saturated heterocycles. The second-order valence-corrected chi connectivity index (χ2v) is 5.86. The van der Waals surface area contributed by atoms with Gasteiger partial charge in [0.05, 0.1) is 18.6 Å². The van der Waals surface area contributed by atoms with Crippen LogP contribution in [0.1, 0.15) is 23.9 Å². The molecular formula is C12H16BrN3S. The van der Waals surface area contributed by atoms with Crippen LogP contribution in [0.2, 0.25) is 0 Å². The molecule has 92 valence electrons. The number of thiophene rings is 1. The van der Waals surface area contributed by atoms with Gasteiger partial charge in [-0.05, 0) is 35.0 Å². The maximum atomic E-state index is 4.38. The molecule has 0 saturated carbocycles. The van der Waals surface area contributed by atoms with Crippen molar-refractivity contribution in [3.05, 3.63) is 39.0 Å². The SMILES string of the molecule is CCCNCc1cn(Cc2cc(Br)cs2)cn1. The first-order chi connectivity index (χ1) is 8.28. The van der Waals surface area contributed by atoms with Crippen molar-refractivity contribution in [3.8, 4) is 0 Å². The van der Waals surface area contributed by atoms with Crippen molar-refractivity contribution < 1.29 is 0 Å². The largest absolute Gasteiger partial charge is 0.332 e. The highest BCUT2D eigenvalue weighted by Gasteiger charge is 2.01. The Balaban J connectivity index is 1.89. The Morgan fingerprint density at radius 3 is 3.12 bits per heavy atom. The lowest BCUT2D eigenvalue weighted by atomic mass is 10.4. The highest BCUT2D eigenvalue weighted by molar-refractivity contribution is 9.10. The minimum Gasteiger partial charge on any atom is -0.332 e. The molecule has 5 heteroatoms. The molecule has 0 radical (unpaired) electrons. The Morgan fingerprint density at radius 2 is 2.41 bits per heavy atom. The van der Waals surface area contributed by atoms with Gasteiger partial charge in [-0.15, -0.1) is 11.3 Å². The van der Waals surface area contributed by atoms with E-state index in [1.54, 1.807) is 11.3 Å². The Kier molecular flexibility index (Phi) is 4.76. The monoisotopic (exact) mass is 313 g/mol. The molecule has 2 aromatic rings. The molecule has 2 aromatic heterocycles. The minimum absolute atomic E-state index is 0.856. The van der Waals surface area contributed by atoms with E-state index in [0.717, 1.165) is 36.2 Å². The van der Waals surface area contributed by atoms with Crippen molar-refractivity contribution in [2.24, 2.45) is 0 Å². The number of aromatic nitrogens is 2. The van der Waals surface area contributed by atoms with Crippen LogP contribution in [0.4, 0.5) is 0 Å². The van der Waals surface area contributed by atoms with E-state index in [9.17, 15) is 0 Å². The van der Waals surface area contributed by atoms with Crippen LogP contribution in [-0.2, 0) is 13.1 Å². The van der Waals surface area contributed by atoms with Crippen LogP contribution >= 0.6 is 27.3 Å². The third-order valence-corrected chi connectivity index (χ3v) is 4.06. The van der Waals surface area contributed by atoms with Crippen LogP contribution in [0.5, 0.6) is 0 Å². The summed E-state index contributed by atoms with van der Waals surface area (Å²) in [5.41, 5.74) is 1.11. The first kappa shape index (κ1) is 12.8. The predicted molar refractivity (Wildman–Crippen MR) is 75.3 cm³/mol. The van der Waals surface area contributed by atoms with E-state index in [1.807, 2.05) is 6.33 Å². The van der Waals surface area contributed by atoms with E-state index in [2.05, 4.69) is 55.4 Å². The molecule has 2 heterocycles. The molecule has 3 nitrogen and oxygen atoms in total. The summed E-state index contributed by atoms with van der Waals surface area (Å²) >= 11 is 5.23. The van der Waals surface area contributed by atoms with Crippen molar-refractivity contribution in [1.82, 2.24) is 14.9 Å². The fourth-order valence-electron chi connectivity index (χ4n) is 1.59. The van der Waals surface area contributed by atoms with E-state index in [-0.39, 0.29) is 0 Å².